The highest BCUT2D eigenvalue weighted by atomic mass is 15.2. The van der Waals surface area contributed by atoms with E-state index in [1.807, 2.05) is 0 Å². The summed E-state index contributed by atoms with van der Waals surface area (Å²) in [6.45, 7) is 12.3. The maximum Gasteiger partial charge on any atom is 0.0109 e. The third kappa shape index (κ3) is 5.01. The number of likely N-dealkylation sites (N-methyl/N-ethyl adjacent to an activating group) is 1. The van der Waals surface area contributed by atoms with Gasteiger partial charge >= 0.3 is 0 Å². The van der Waals surface area contributed by atoms with Gasteiger partial charge in [0.05, 0.1) is 0 Å². The molecule has 3 heteroatoms. The molecule has 0 aromatic rings. The predicted molar refractivity (Wildman–Crippen MR) is 87.2 cm³/mol. The largest absolute Gasteiger partial charge is 0.313 e. The van der Waals surface area contributed by atoms with Gasteiger partial charge in [0, 0.05) is 32.2 Å². The summed E-state index contributed by atoms with van der Waals surface area (Å²) >= 11 is 0. The zero-order valence-electron chi connectivity index (χ0n) is 14.0. The Morgan fingerprint density at radius 1 is 1.15 bits per heavy atom. The molecule has 2 aliphatic rings. The molecule has 20 heavy (non-hydrogen) atoms. The second kappa shape index (κ2) is 7.77. The quantitative estimate of drug-likeness (QED) is 0.664. The number of hydrogen-bond donors (Lipinski definition) is 1. The number of hydrogen-bond acceptors (Lipinski definition) is 3. The van der Waals surface area contributed by atoms with Gasteiger partial charge in [0.15, 0.2) is 0 Å². The summed E-state index contributed by atoms with van der Waals surface area (Å²) in [6.07, 6.45) is 8.18. The third-order valence-corrected chi connectivity index (χ3v) is 5.45. The van der Waals surface area contributed by atoms with Crippen molar-refractivity contribution in [3.8, 4) is 0 Å². The predicted octanol–water partition coefficient (Wildman–Crippen LogP) is 2.57. The average Bonchev–Trinajstić information content (AvgIpc) is 3.15. The van der Waals surface area contributed by atoms with E-state index in [1.54, 1.807) is 0 Å². The van der Waals surface area contributed by atoms with Crippen LogP contribution < -0.4 is 5.32 Å². The van der Waals surface area contributed by atoms with E-state index >= 15 is 0 Å². The third-order valence-electron chi connectivity index (χ3n) is 5.45. The van der Waals surface area contributed by atoms with Crippen LogP contribution in [-0.4, -0.2) is 62.2 Å². The van der Waals surface area contributed by atoms with Gasteiger partial charge in [-0.15, -0.1) is 0 Å². The molecule has 1 aliphatic heterocycles. The highest BCUT2D eigenvalue weighted by molar-refractivity contribution is 4.88. The lowest BCUT2D eigenvalue weighted by molar-refractivity contribution is 0.144. The monoisotopic (exact) mass is 281 g/mol. The molecule has 0 aromatic heterocycles. The topological polar surface area (TPSA) is 18.5 Å². The van der Waals surface area contributed by atoms with Crippen molar-refractivity contribution in [3.05, 3.63) is 0 Å². The van der Waals surface area contributed by atoms with Gasteiger partial charge < -0.3 is 15.1 Å². The lowest BCUT2D eigenvalue weighted by Crippen LogP contribution is -2.44. The van der Waals surface area contributed by atoms with E-state index in [4.69, 9.17) is 0 Å². The van der Waals surface area contributed by atoms with Crippen molar-refractivity contribution in [1.82, 2.24) is 15.1 Å². The minimum atomic E-state index is 0.475. The normalized spacial score (nSPS) is 21.0. The molecule has 1 N–H and O–H groups in total. The summed E-state index contributed by atoms with van der Waals surface area (Å²) < 4.78 is 0. The van der Waals surface area contributed by atoms with Gasteiger partial charge in [-0.05, 0) is 64.1 Å². The van der Waals surface area contributed by atoms with E-state index in [1.165, 1.54) is 77.8 Å². The molecule has 2 fully saturated rings. The lowest BCUT2D eigenvalue weighted by atomic mass is 9.81. The number of likely N-dealkylation sites (tertiary alicyclic amines) is 1. The van der Waals surface area contributed by atoms with Crippen LogP contribution in [0.3, 0.4) is 0 Å². The molecule has 1 saturated heterocycles. The molecule has 118 valence electrons. The first kappa shape index (κ1) is 16.3. The first-order chi connectivity index (χ1) is 9.67. The minimum absolute atomic E-state index is 0.475. The van der Waals surface area contributed by atoms with E-state index in [0.29, 0.717) is 5.41 Å². The van der Waals surface area contributed by atoms with E-state index in [9.17, 15) is 0 Å². The van der Waals surface area contributed by atoms with Crippen molar-refractivity contribution < 1.29 is 0 Å². The molecule has 0 bridgehead atoms. The Labute approximate surface area is 126 Å². The van der Waals surface area contributed by atoms with E-state index in [0.717, 1.165) is 6.04 Å². The fourth-order valence-corrected chi connectivity index (χ4v) is 3.40. The maximum atomic E-state index is 3.76. The first-order valence-corrected chi connectivity index (χ1v) is 8.82. The van der Waals surface area contributed by atoms with Gasteiger partial charge in [-0.2, -0.15) is 0 Å². The van der Waals surface area contributed by atoms with Crippen molar-refractivity contribution in [1.29, 1.82) is 0 Å². The molecule has 0 unspecified atom stereocenters. The fraction of sp³-hybridized carbons (Fsp3) is 1.00. The number of rotatable bonds is 10. The van der Waals surface area contributed by atoms with Crippen LogP contribution in [0, 0.1) is 5.41 Å². The van der Waals surface area contributed by atoms with Crippen molar-refractivity contribution in [2.45, 2.75) is 58.4 Å². The molecule has 3 nitrogen and oxygen atoms in total. The maximum absolute atomic E-state index is 3.76. The Kier molecular flexibility index (Phi) is 6.31. The van der Waals surface area contributed by atoms with Crippen molar-refractivity contribution in [2.24, 2.45) is 5.41 Å². The summed E-state index contributed by atoms with van der Waals surface area (Å²) in [4.78, 5) is 5.19. The van der Waals surface area contributed by atoms with Crippen LogP contribution in [0.5, 0.6) is 0 Å². The molecule has 2 rings (SSSR count). The summed E-state index contributed by atoms with van der Waals surface area (Å²) in [7, 11) is 2.31. The Morgan fingerprint density at radius 2 is 1.80 bits per heavy atom. The van der Waals surface area contributed by atoms with E-state index < -0.39 is 0 Å². The molecule has 0 spiro atoms. The van der Waals surface area contributed by atoms with Gasteiger partial charge in [0.2, 0.25) is 0 Å². The fourth-order valence-electron chi connectivity index (χ4n) is 3.40. The van der Waals surface area contributed by atoms with Gasteiger partial charge in [-0.1, -0.05) is 13.8 Å². The van der Waals surface area contributed by atoms with E-state index in [-0.39, 0.29) is 0 Å². The van der Waals surface area contributed by atoms with E-state index in [2.05, 4.69) is 36.0 Å². The van der Waals surface area contributed by atoms with Gasteiger partial charge in [0.1, 0.15) is 0 Å². The smallest absolute Gasteiger partial charge is 0.0109 e. The van der Waals surface area contributed by atoms with Crippen LogP contribution in [0.2, 0.25) is 0 Å². The van der Waals surface area contributed by atoms with Gasteiger partial charge in [-0.3, -0.25) is 0 Å². The number of nitrogens with one attached hydrogen (secondary N) is 1. The lowest BCUT2D eigenvalue weighted by Gasteiger charge is -2.36. The molecule has 0 radical (unpaired) electrons. The second-order valence-corrected chi connectivity index (χ2v) is 7.15. The van der Waals surface area contributed by atoms with Gasteiger partial charge in [-0.25, -0.2) is 0 Å². The molecule has 0 amide bonds. The SMILES string of the molecule is CCC(CC)(CNC1CC1)CN(C)CCN1CCCC1. The molecular weight excluding hydrogens is 246 g/mol. The summed E-state index contributed by atoms with van der Waals surface area (Å²) in [6, 6.07) is 0.836. The molecule has 1 aliphatic carbocycles. The van der Waals surface area contributed by atoms with Crippen LogP contribution in [0.15, 0.2) is 0 Å². The Bertz CT molecular complexity index is 265. The Hall–Kier alpha value is -0.120. The van der Waals surface area contributed by atoms with Crippen LogP contribution >= 0.6 is 0 Å². The zero-order valence-corrected chi connectivity index (χ0v) is 14.0. The van der Waals surface area contributed by atoms with Crippen LogP contribution in [0.4, 0.5) is 0 Å². The Morgan fingerprint density at radius 3 is 2.35 bits per heavy atom. The summed E-state index contributed by atoms with van der Waals surface area (Å²) in [5.74, 6) is 0. The van der Waals surface area contributed by atoms with Gasteiger partial charge in [0.25, 0.3) is 0 Å². The highest BCUT2D eigenvalue weighted by Crippen LogP contribution is 2.29. The molecule has 0 aromatic carbocycles. The minimum Gasteiger partial charge on any atom is -0.313 e. The van der Waals surface area contributed by atoms with Crippen molar-refractivity contribution in [3.63, 3.8) is 0 Å². The second-order valence-electron chi connectivity index (χ2n) is 7.15. The standard InChI is InChI=1S/C17H35N3/c1-4-17(5-2,14-18-16-8-9-16)15-19(3)12-13-20-10-6-7-11-20/h16,18H,4-15H2,1-3H3. The van der Waals surface area contributed by atoms with Crippen LogP contribution in [0.1, 0.15) is 52.4 Å². The summed E-state index contributed by atoms with van der Waals surface area (Å²) in [5.41, 5.74) is 0.475. The van der Waals surface area contributed by atoms with Crippen molar-refractivity contribution in [2.75, 3.05) is 46.3 Å². The van der Waals surface area contributed by atoms with Crippen LogP contribution in [0.25, 0.3) is 0 Å². The molecular formula is C17H35N3. The zero-order chi connectivity index (χ0) is 14.4. The average molecular weight is 281 g/mol. The van der Waals surface area contributed by atoms with Crippen molar-refractivity contribution >= 4 is 0 Å². The highest BCUT2D eigenvalue weighted by Gasteiger charge is 2.30. The summed E-state index contributed by atoms with van der Waals surface area (Å²) in [5, 5.41) is 3.76. The molecule has 1 saturated carbocycles. The molecule has 1 heterocycles. The Balaban J connectivity index is 1.72. The van der Waals surface area contributed by atoms with Crippen LogP contribution in [-0.2, 0) is 0 Å². The number of nitrogens with zero attached hydrogens (tertiary/aromatic N) is 2. The molecule has 0 atom stereocenters. The first-order valence-electron chi connectivity index (χ1n) is 8.82.